The van der Waals surface area contributed by atoms with Gasteiger partial charge in [-0.05, 0) is 19.1 Å². The number of hydrogen-bond acceptors (Lipinski definition) is 3. The van der Waals surface area contributed by atoms with Crippen LogP contribution in [-0.2, 0) is 14.3 Å². The number of rotatable bonds is 1. The fourth-order valence-electron chi connectivity index (χ4n) is 3.25. The van der Waals surface area contributed by atoms with Crippen molar-refractivity contribution in [2.24, 2.45) is 11.8 Å². The first-order chi connectivity index (χ1) is 9.16. The highest BCUT2D eigenvalue weighted by Gasteiger charge is 2.60. The second-order valence-corrected chi connectivity index (χ2v) is 5.35. The Morgan fingerprint density at radius 3 is 2.00 bits per heavy atom. The number of amides is 2. The number of benzene rings is 1. The Kier molecular flexibility index (Phi) is 2.04. The number of anilines is 1. The maximum Gasteiger partial charge on any atom is 0.240 e. The van der Waals surface area contributed by atoms with E-state index in [1.165, 1.54) is 4.90 Å². The van der Waals surface area contributed by atoms with E-state index in [2.05, 4.69) is 0 Å². The molecule has 1 aromatic rings. The predicted octanol–water partition coefficient (Wildman–Crippen LogP) is 1.44. The molecule has 2 saturated heterocycles. The molecule has 0 unspecified atom stereocenters. The molecule has 3 aliphatic rings. The molecule has 0 N–H and O–H groups in total. The number of fused-ring (bicyclic) bond motifs is 5. The van der Waals surface area contributed by atoms with Crippen molar-refractivity contribution in [1.82, 2.24) is 0 Å². The highest BCUT2D eigenvalue weighted by Crippen LogP contribution is 2.46. The van der Waals surface area contributed by atoms with Crippen molar-refractivity contribution in [1.29, 1.82) is 0 Å². The molecule has 3 aliphatic heterocycles. The van der Waals surface area contributed by atoms with Crippen LogP contribution in [0.2, 0.25) is 0 Å². The Morgan fingerprint density at radius 1 is 0.947 bits per heavy atom. The van der Waals surface area contributed by atoms with Gasteiger partial charge in [0.15, 0.2) is 0 Å². The van der Waals surface area contributed by atoms with Gasteiger partial charge in [0.2, 0.25) is 11.8 Å². The molecule has 0 radical (unpaired) electrons. The van der Waals surface area contributed by atoms with Gasteiger partial charge in [-0.2, -0.15) is 0 Å². The summed E-state index contributed by atoms with van der Waals surface area (Å²) in [5.74, 6) is -0.918. The summed E-state index contributed by atoms with van der Waals surface area (Å²) >= 11 is 0. The molecule has 19 heavy (non-hydrogen) atoms. The maximum atomic E-state index is 12.5. The third kappa shape index (κ3) is 1.32. The molecule has 2 fully saturated rings. The van der Waals surface area contributed by atoms with E-state index in [4.69, 9.17) is 4.74 Å². The average Bonchev–Trinajstić information content (AvgIpc) is 3.06. The van der Waals surface area contributed by atoms with E-state index in [0.717, 1.165) is 5.56 Å². The smallest absolute Gasteiger partial charge is 0.240 e. The number of nitrogens with zero attached hydrogens (tertiary/aromatic N) is 1. The van der Waals surface area contributed by atoms with E-state index in [0.29, 0.717) is 5.69 Å². The molecule has 0 saturated carbocycles. The second kappa shape index (κ2) is 3.54. The van der Waals surface area contributed by atoms with E-state index in [-0.39, 0.29) is 35.9 Å². The molecule has 2 bridgehead atoms. The summed E-state index contributed by atoms with van der Waals surface area (Å²) in [4.78, 5) is 26.3. The summed E-state index contributed by atoms with van der Waals surface area (Å²) in [5, 5.41) is 0. The van der Waals surface area contributed by atoms with Crippen LogP contribution in [0.15, 0.2) is 36.4 Å². The van der Waals surface area contributed by atoms with Crippen molar-refractivity contribution in [3.05, 3.63) is 42.0 Å². The van der Waals surface area contributed by atoms with Crippen LogP contribution in [0.5, 0.6) is 0 Å². The molecule has 96 valence electrons. The van der Waals surface area contributed by atoms with Gasteiger partial charge in [0.05, 0.1) is 29.7 Å². The van der Waals surface area contributed by atoms with Crippen LogP contribution in [0.1, 0.15) is 5.56 Å². The zero-order chi connectivity index (χ0) is 13.1. The lowest BCUT2D eigenvalue weighted by molar-refractivity contribution is -0.124. The van der Waals surface area contributed by atoms with Crippen molar-refractivity contribution >= 4 is 17.5 Å². The lowest BCUT2D eigenvalue weighted by atomic mass is 9.85. The first-order valence-electron chi connectivity index (χ1n) is 6.45. The van der Waals surface area contributed by atoms with Crippen molar-refractivity contribution in [2.45, 2.75) is 19.1 Å². The van der Waals surface area contributed by atoms with E-state index in [9.17, 15) is 9.59 Å². The third-order valence-electron chi connectivity index (χ3n) is 4.20. The van der Waals surface area contributed by atoms with Crippen LogP contribution >= 0.6 is 0 Å². The normalized spacial score (nSPS) is 35.3. The van der Waals surface area contributed by atoms with Crippen molar-refractivity contribution < 1.29 is 14.3 Å². The highest BCUT2D eigenvalue weighted by molar-refractivity contribution is 6.23. The average molecular weight is 255 g/mol. The minimum atomic E-state index is -0.330. The van der Waals surface area contributed by atoms with Crippen LogP contribution in [-0.4, -0.2) is 24.0 Å². The van der Waals surface area contributed by atoms with Crippen molar-refractivity contribution in [3.8, 4) is 0 Å². The number of ether oxygens (including phenoxy) is 1. The largest absolute Gasteiger partial charge is 0.365 e. The van der Waals surface area contributed by atoms with Gasteiger partial charge >= 0.3 is 0 Å². The van der Waals surface area contributed by atoms with Crippen LogP contribution in [0.25, 0.3) is 0 Å². The van der Waals surface area contributed by atoms with E-state index in [1.54, 1.807) is 0 Å². The predicted molar refractivity (Wildman–Crippen MR) is 68.5 cm³/mol. The van der Waals surface area contributed by atoms with Gasteiger partial charge in [0.25, 0.3) is 0 Å². The Labute approximate surface area is 110 Å². The molecular formula is C15H13NO3. The number of carbonyl (C=O) groups excluding carboxylic acids is 2. The molecule has 0 aromatic heterocycles. The van der Waals surface area contributed by atoms with Crippen LogP contribution in [0, 0.1) is 18.8 Å². The molecule has 4 nitrogen and oxygen atoms in total. The number of aryl methyl sites for hydroxylation is 1. The zero-order valence-corrected chi connectivity index (χ0v) is 10.4. The quantitative estimate of drug-likeness (QED) is 0.563. The molecule has 4 heteroatoms. The highest BCUT2D eigenvalue weighted by atomic mass is 16.5. The lowest BCUT2D eigenvalue weighted by Gasteiger charge is -2.17. The summed E-state index contributed by atoms with van der Waals surface area (Å²) < 4.78 is 5.60. The molecule has 0 spiro atoms. The summed E-state index contributed by atoms with van der Waals surface area (Å²) in [7, 11) is 0. The second-order valence-electron chi connectivity index (χ2n) is 5.35. The van der Waals surface area contributed by atoms with E-state index in [1.807, 2.05) is 43.3 Å². The summed E-state index contributed by atoms with van der Waals surface area (Å²) in [6.07, 6.45) is 3.36. The van der Waals surface area contributed by atoms with Gasteiger partial charge in [0, 0.05) is 0 Å². The Bertz CT molecular complexity index is 574. The zero-order valence-electron chi connectivity index (χ0n) is 10.4. The van der Waals surface area contributed by atoms with Gasteiger partial charge in [-0.1, -0.05) is 29.8 Å². The first-order valence-corrected chi connectivity index (χ1v) is 6.45. The minimum absolute atomic E-state index is 0.129. The molecule has 0 aliphatic carbocycles. The van der Waals surface area contributed by atoms with Gasteiger partial charge in [-0.3, -0.25) is 9.59 Å². The minimum Gasteiger partial charge on any atom is -0.365 e. The first kappa shape index (κ1) is 10.9. The van der Waals surface area contributed by atoms with Gasteiger partial charge in [-0.15, -0.1) is 0 Å². The molecular weight excluding hydrogens is 242 g/mol. The number of hydrogen-bond donors (Lipinski definition) is 0. The SMILES string of the molecule is Cc1ccc(N2C(=O)[C@@H]3[C@@H](C2=O)[C@H]2C=C[C@H]3O2)cc1. The van der Waals surface area contributed by atoms with Crippen molar-refractivity contribution in [2.75, 3.05) is 4.90 Å². The van der Waals surface area contributed by atoms with Gasteiger partial charge in [0.1, 0.15) is 0 Å². The fraction of sp³-hybridized carbons (Fsp3) is 0.333. The van der Waals surface area contributed by atoms with Gasteiger partial charge in [-0.25, -0.2) is 4.90 Å². The Balaban J connectivity index is 1.74. The number of carbonyl (C=O) groups is 2. The van der Waals surface area contributed by atoms with E-state index < -0.39 is 0 Å². The van der Waals surface area contributed by atoms with E-state index >= 15 is 0 Å². The van der Waals surface area contributed by atoms with Crippen LogP contribution in [0.3, 0.4) is 0 Å². The Morgan fingerprint density at radius 2 is 1.47 bits per heavy atom. The van der Waals surface area contributed by atoms with Crippen LogP contribution < -0.4 is 4.90 Å². The maximum absolute atomic E-state index is 12.5. The summed E-state index contributed by atoms with van der Waals surface area (Å²) in [6.45, 7) is 1.98. The lowest BCUT2D eigenvalue weighted by Crippen LogP contribution is -2.34. The summed E-state index contributed by atoms with van der Waals surface area (Å²) in [5.41, 5.74) is 1.77. The molecule has 4 atom stereocenters. The third-order valence-corrected chi connectivity index (χ3v) is 4.20. The topological polar surface area (TPSA) is 46.6 Å². The molecule has 1 aromatic carbocycles. The molecule has 3 heterocycles. The molecule has 4 rings (SSSR count). The monoisotopic (exact) mass is 255 g/mol. The number of imide groups is 1. The summed E-state index contributed by atoms with van der Waals surface area (Å²) in [6, 6.07) is 7.46. The Hall–Kier alpha value is -1.94. The van der Waals surface area contributed by atoms with Crippen LogP contribution in [0.4, 0.5) is 5.69 Å². The van der Waals surface area contributed by atoms with Crippen molar-refractivity contribution in [3.63, 3.8) is 0 Å². The fourth-order valence-corrected chi connectivity index (χ4v) is 3.25. The molecule has 2 amide bonds. The standard InChI is InChI=1S/C15H13NO3/c1-8-2-4-9(5-3-8)16-14(17)12-10-6-7-11(19-10)13(12)15(16)18/h2-7,10-13H,1H3/t10-,11-,12+,13+/m1/s1. The van der Waals surface area contributed by atoms with Gasteiger partial charge < -0.3 is 4.74 Å².